The van der Waals surface area contributed by atoms with Crippen molar-refractivity contribution in [1.29, 1.82) is 0 Å². The lowest BCUT2D eigenvalue weighted by Gasteiger charge is -2.06. The number of carbonyl (C=O) groups excluding carboxylic acids is 1. The van der Waals surface area contributed by atoms with Gasteiger partial charge in [0.2, 0.25) is 0 Å². The molecule has 150 valence electrons. The third kappa shape index (κ3) is 4.78. The zero-order valence-corrected chi connectivity index (χ0v) is 17.8. The molecule has 4 aromatic rings. The van der Waals surface area contributed by atoms with E-state index in [1.54, 1.807) is 6.07 Å². The number of nitrogens with zero attached hydrogens (tertiary/aromatic N) is 1. The van der Waals surface area contributed by atoms with Crippen molar-refractivity contribution in [3.8, 4) is 17.1 Å². The highest BCUT2D eigenvalue weighted by molar-refractivity contribution is 9.10. The fourth-order valence-electron chi connectivity index (χ4n) is 2.99. The van der Waals surface area contributed by atoms with E-state index in [-0.39, 0.29) is 12.5 Å². The summed E-state index contributed by atoms with van der Waals surface area (Å²) in [4.78, 5) is 12.0. The molecular weight excluding hydrogens is 444 g/mol. The van der Waals surface area contributed by atoms with Crippen molar-refractivity contribution in [3.63, 3.8) is 0 Å². The molecule has 0 spiro atoms. The van der Waals surface area contributed by atoms with Crippen molar-refractivity contribution in [2.45, 2.75) is 6.92 Å². The molecule has 1 heterocycles. The van der Waals surface area contributed by atoms with Crippen LogP contribution in [0, 0.1) is 6.92 Å². The zero-order chi connectivity index (χ0) is 20.9. The van der Waals surface area contributed by atoms with Crippen LogP contribution in [0.4, 0.5) is 0 Å². The molecule has 0 aliphatic rings. The maximum Gasteiger partial charge on any atom is 0.277 e. The lowest BCUT2D eigenvalue weighted by atomic mass is 10.1. The maximum absolute atomic E-state index is 12.0. The van der Waals surface area contributed by atoms with Crippen LogP contribution in [0.3, 0.4) is 0 Å². The molecule has 1 amide bonds. The average Bonchev–Trinajstić information content (AvgIpc) is 3.20. The molecule has 0 atom stereocenters. The minimum Gasteiger partial charge on any atom is -0.484 e. The Morgan fingerprint density at radius 2 is 1.90 bits per heavy atom. The fourth-order valence-corrected chi connectivity index (χ4v) is 3.68. The number of nitrogens with one attached hydrogen (secondary N) is 1. The van der Waals surface area contributed by atoms with Gasteiger partial charge in [-0.15, -0.1) is 0 Å². The average molecular weight is 463 g/mol. The molecule has 0 unspecified atom stereocenters. The summed E-state index contributed by atoms with van der Waals surface area (Å²) in [6, 6.07) is 23.4. The summed E-state index contributed by atoms with van der Waals surface area (Å²) in [6.07, 6.45) is 1.46. The second-order valence-electron chi connectivity index (χ2n) is 6.78. The number of aryl methyl sites for hydroxylation is 1. The highest BCUT2D eigenvalue weighted by atomic mass is 79.9. The Hall–Kier alpha value is -3.38. The van der Waals surface area contributed by atoms with Gasteiger partial charge in [0, 0.05) is 10.0 Å². The smallest absolute Gasteiger partial charge is 0.277 e. The number of furan rings is 1. The van der Waals surface area contributed by atoms with Crippen LogP contribution < -0.4 is 10.2 Å². The summed E-state index contributed by atoms with van der Waals surface area (Å²) in [5.74, 6) is 1.53. The Bertz CT molecular complexity index is 1230. The van der Waals surface area contributed by atoms with Gasteiger partial charge in [-0.25, -0.2) is 5.43 Å². The van der Waals surface area contributed by atoms with E-state index in [0.29, 0.717) is 17.3 Å². The van der Waals surface area contributed by atoms with Crippen LogP contribution in [-0.2, 0) is 4.79 Å². The Morgan fingerprint density at radius 3 is 2.73 bits per heavy atom. The molecular formula is C24H19BrN2O3. The van der Waals surface area contributed by atoms with Crippen LogP contribution in [0.25, 0.3) is 22.1 Å². The van der Waals surface area contributed by atoms with E-state index >= 15 is 0 Å². The van der Waals surface area contributed by atoms with Crippen LogP contribution in [0.1, 0.15) is 11.3 Å². The van der Waals surface area contributed by atoms with Gasteiger partial charge in [-0.05, 0) is 59.7 Å². The molecule has 3 aromatic carbocycles. The summed E-state index contributed by atoms with van der Waals surface area (Å²) in [5, 5.41) is 6.11. The standard InChI is InChI=1S/C24H19BrN2O3/c1-16-6-10-21(22(25)12-16)23-11-9-20(30-23)14-26-27-24(28)15-29-19-8-7-17-4-2-3-5-18(17)13-19/h2-14H,15H2,1H3,(H,27,28)/b26-14-. The van der Waals surface area contributed by atoms with Crippen molar-refractivity contribution in [2.75, 3.05) is 6.61 Å². The van der Waals surface area contributed by atoms with Crippen LogP contribution in [0.15, 0.2) is 86.8 Å². The second-order valence-corrected chi connectivity index (χ2v) is 7.63. The van der Waals surface area contributed by atoms with Crippen molar-refractivity contribution < 1.29 is 13.9 Å². The van der Waals surface area contributed by atoms with Crippen molar-refractivity contribution in [1.82, 2.24) is 5.43 Å². The number of benzene rings is 3. The molecule has 5 nitrogen and oxygen atoms in total. The molecule has 0 aliphatic carbocycles. The Morgan fingerprint density at radius 1 is 1.07 bits per heavy atom. The van der Waals surface area contributed by atoms with Crippen LogP contribution in [-0.4, -0.2) is 18.7 Å². The summed E-state index contributed by atoms with van der Waals surface area (Å²) >= 11 is 3.55. The predicted octanol–water partition coefficient (Wildman–Crippen LogP) is 5.70. The zero-order valence-electron chi connectivity index (χ0n) is 16.3. The molecule has 6 heteroatoms. The number of rotatable bonds is 6. The number of hydrogen-bond donors (Lipinski definition) is 1. The quantitative estimate of drug-likeness (QED) is 0.295. The number of amides is 1. The minimum absolute atomic E-state index is 0.130. The monoisotopic (exact) mass is 462 g/mol. The van der Waals surface area contributed by atoms with E-state index in [1.807, 2.05) is 73.7 Å². The van der Waals surface area contributed by atoms with E-state index in [9.17, 15) is 4.79 Å². The van der Waals surface area contributed by atoms with Gasteiger partial charge in [-0.3, -0.25) is 4.79 Å². The lowest BCUT2D eigenvalue weighted by Crippen LogP contribution is -2.24. The van der Waals surface area contributed by atoms with Gasteiger partial charge in [0.1, 0.15) is 17.3 Å². The number of hydrazone groups is 1. The molecule has 0 fully saturated rings. The fraction of sp³-hybridized carbons (Fsp3) is 0.0833. The summed E-state index contributed by atoms with van der Waals surface area (Å²) in [7, 11) is 0. The predicted molar refractivity (Wildman–Crippen MR) is 122 cm³/mol. The van der Waals surface area contributed by atoms with E-state index < -0.39 is 0 Å². The number of hydrogen-bond acceptors (Lipinski definition) is 4. The number of ether oxygens (including phenoxy) is 1. The number of halogens is 1. The normalized spacial score (nSPS) is 11.1. The highest BCUT2D eigenvalue weighted by Crippen LogP contribution is 2.30. The molecule has 0 aliphatic heterocycles. The summed E-state index contributed by atoms with van der Waals surface area (Å²) in [5.41, 5.74) is 4.55. The summed E-state index contributed by atoms with van der Waals surface area (Å²) < 4.78 is 12.3. The topological polar surface area (TPSA) is 63.8 Å². The maximum atomic E-state index is 12.0. The number of carbonyl (C=O) groups is 1. The first-order valence-corrected chi connectivity index (χ1v) is 10.2. The third-order valence-corrected chi connectivity index (χ3v) is 5.14. The Kier molecular flexibility index (Phi) is 5.95. The lowest BCUT2D eigenvalue weighted by molar-refractivity contribution is -0.123. The van der Waals surface area contributed by atoms with Crippen molar-refractivity contribution in [2.24, 2.45) is 5.10 Å². The molecule has 0 saturated carbocycles. The van der Waals surface area contributed by atoms with Gasteiger partial charge in [0.05, 0.1) is 6.21 Å². The van der Waals surface area contributed by atoms with Gasteiger partial charge in [0.25, 0.3) is 5.91 Å². The Labute approximate surface area is 182 Å². The van der Waals surface area contributed by atoms with Gasteiger partial charge in [0.15, 0.2) is 6.61 Å². The van der Waals surface area contributed by atoms with Gasteiger partial charge < -0.3 is 9.15 Å². The van der Waals surface area contributed by atoms with Crippen molar-refractivity contribution in [3.05, 3.63) is 88.6 Å². The summed E-state index contributed by atoms with van der Waals surface area (Å²) in [6.45, 7) is 1.90. The first kappa shape index (κ1) is 19.9. The highest BCUT2D eigenvalue weighted by Gasteiger charge is 2.08. The molecule has 0 bridgehead atoms. The molecule has 1 aromatic heterocycles. The van der Waals surface area contributed by atoms with Gasteiger partial charge in [-0.2, -0.15) is 5.10 Å². The number of fused-ring (bicyclic) bond motifs is 1. The molecule has 0 radical (unpaired) electrons. The third-order valence-electron chi connectivity index (χ3n) is 4.49. The second kappa shape index (κ2) is 8.97. The van der Waals surface area contributed by atoms with Crippen LogP contribution >= 0.6 is 15.9 Å². The first-order valence-electron chi connectivity index (χ1n) is 9.38. The van der Waals surface area contributed by atoms with E-state index in [0.717, 1.165) is 26.4 Å². The Balaban J connectivity index is 1.32. The van der Waals surface area contributed by atoms with Crippen LogP contribution in [0.2, 0.25) is 0 Å². The molecule has 0 saturated heterocycles. The van der Waals surface area contributed by atoms with Crippen LogP contribution in [0.5, 0.6) is 5.75 Å². The molecule has 1 N–H and O–H groups in total. The molecule has 30 heavy (non-hydrogen) atoms. The van der Waals surface area contributed by atoms with E-state index in [1.165, 1.54) is 6.21 Å². The molecule has 4 rings (SSSR count). The van der Waals surface area contributed by atoms with Gasteiger partial charge >= 0.3 is 0 Å². The van der Waals surface area contributed by atoms with Gasteiger partial charge in [-0.1, -0.05) is 52.3 Å². The largest absolute Gasteiger partial charge is 0.484 e. The first-order chi connectivity index (χ1) is 14.6. The van der Waals surface area contributed by atoms with E-state index in [2.05, 4.69) is 26.5 Å². The minimum atomic E-state index is -0.354. The van der Waals surface area contributed by atoms with Crippen molar-refractivity contribution >= 4 is 38.8 Å². The van der Waals surface area contributed by atoms with E-state index in [4.69, 9.17) is 9.15 Å². The SMILES string of the molecule is Cc1ccc(-c2ccc(/C=N\NC(=O)COc3ccc4ccccc4c3)o2)c(Br)c1.